The third-order valence-electron chi connectivity index (χ3n) is 7.78. The van der Waals surface area contributed by atoms with Gasteiger partial charge < -0.3 is 4.42 Å². The molecule has 0 saturated carbocycles. The minimum Gasteiger partial charge on any atom is -0.455 e. The molecule has 8 aromatic carbocycles. The number of furan rings is 1. The highest BCUT2D eigenvalue weighted by Gasteiger charge is 2.25. The molecule has 0 amide bonds. The summed E-state index contributed by atoms with van der Waals surface area (Å²) < 4.78 is 203. The van der Waals surface area contributed by atoms with E-state index in [2.05, 4.69) is 0 Å². The number of hydrogen-bond donors (Lipinski definition) is 0. The van der Waals surface area contributed by atoms with Gasteiger partial charge in [-0.2, -0.15) is 0 Å². The fraction of sp³-hybridized carbons (Fsp3) is 0. The Morgan fingerprint density at radius 3 is 1.47 bits per heavy atom. The average molecular weight is 621 g/mol. The molecule has 0 aliphatic heterocycles. The Labute approximate surface area is 304 Å². The lowest BCUT2D eigenvalue weighted by Crippen LogP contribution is -1.91. The number of para-hydroxylation sites is 1. The maximum absolute atomic E-state index is 9.55. The Kier molecular flexibility index (Phi) is 3.11. The van der Waals surface area contributed by atoms with E-state index in [4.69, 9.17) is 23.6 Å². The van der Waals surface area contributed by atoms with Gasteiger partial charge in [0.25, 0.3) is 0 Å². The molecule has 1 heteroatoms. The summed E-state index contributed by atoms with van der Waals surface area (Å²) in [5.74, 6) is -0.518. The van der Waals surface area contributed by atoms with E-state index in [1.54, 1.807) is 42.5 Å². The first-order valence-corrected chi connectivity index (χ1v) is 14.3. The Balaban J connectivity index is 1.60. The van der Waals surface area contributed by atoms with Crippen LogP contribution in [0.1, 0.15) is 30.2 Å². The average Bonchev–Trinajstić information content (AvgIpc) is 3.72. The van der Waals surface area contributed by atoms with Crippen LogP contribution < -0.4 is 0 Å². The molecule has 0 bridgehead atoms. The molecule has 0 aliphatic carbocycles. The predicted molar refractivity (Wildman–Crippen MR) is 198 cm³/mol. The normalized spacial score (nSPS) is 18.0. The van der Waals surface area contributed by atoms with E-state index in [0.717, 1.165) is 0 Å². The van der Waals surface area contributed by atoms with Crippen LogP contribution in [0, 0.1) is 0 Å². The van der Waals surface area contributed by atoms with Crippen molar-refractivity contribution in [3.8, 4) is 55.8 Å². The first-order valence-electron chi connectivity index (χ1n) is 25.3. The van der Waals surface area contributed by atoms with Crippen LogP contribution in [0.3, 0.4) is 0 Å². The Bertz CT molecular complexity index is 3640. The first-order chi connectivity index (χ1) is 32.5. The van der Waals surface area contributed by atoms with Crippen LogP contribution in [0.25, 0.3) is 88.3 Å². The molecule has 0 atom stereocenters. The third kappa shape index (κ3) is 4.56. The fourth-order valence-corrected chi connectivity index (χ4v) is 5.81. The number of benzene rings is 8. The van der Waals surface area contributed by atoms with E-state index in [-0.39, 0.29) is 16.5 Å². The van der Waals surface area contributed by atoms with Gasteiger partial charge in [0.05, 0.1) is 30.2 Å². The zero-order chi connectivity index (χ0) is 50.3. The largest absolute Gasteiger partial charge is 0.455 e. The summed E-state index contributed by atoms with van der Waals surface area (Å²) in [6, 6.07) is -5.10. The summed E-state index contributed by atoms with van der Waals surface area (Å²) in [6.45, 7) is 0. The summed E-state index contributed by atoms with van der Waals surface area (Å²) in [5.41, 5.74) is -2.83. The molecule has 0 radical (unpaired) electrons. The van der Waals surface area contributed by atoms with E-state index in [1.165, 1.54) is 6.07 Å². The highest BCUT2D eigenvalue weighted by Crippen LogP contribution is 2.50. The van der Waals surface area contributed by atoms with Gasteiger partial charge in [-0.15, -0.1) is 0 Å². The molecule has 0 spiro atoms. The second kappa shape index (κ2) is 11.3. The summed E-state index contributed by atoms with van der Waals surface area (Å²) >= 11 is 0. The molecule has 9 rings (SSSR count). The highest BCUT2D eigenvalue weighted by molar-refractivity contribution is 6.25. The second-order valence-corrected chi connectivity index (χ2v) is 10.4. The van der Waals surface area contributed by atoms with Gasteiger partial charge in [-0.3, -0.25) is 0 Å². The number of fused-ring (bicyclic) bond motifs is 3. The molecule has 0 saturated heterocycles. The topological polar surface area (TPSA) is 13.1 Å². The molecule has 0 unspecified atom stereocenters. The van der Waals surface area contributed by atoms with Crippen molar-refractivity contribution in [3.63, 3.8) is 0 Å². The van der Waals surface area contributed by atoms with Crippen LogP contribution in [0.15, 0.2) is 186 Å². The smallest absolute Gasteiger partial charge is 0.143 e. The summed E-state index contributed by atoms with van der Waals surface area (Å²) in [6.07, 6.45) is 0. The predicted octanol–water partition coefficient (Wildman–Crippen LogP) is 13.1. The van der Waals surface area contributed by atoms with Crippen LogP contribution in [-0.4, -0.2) is 0 Å². The molecular weight excluding hydrogens is 569 g/mol. The van der Waals surface area contributed by atoms with Gasteiger partial charge in [0.1, 0.15) is 11.3 Å². The van der Waals surface area contributed by atoms with E-state index in [1.807, 2.05) is 0 Å². The van der Waals surface area contributed by atoms with Crippen LogP contribution in [0.5, 0.6) is 0 Å². The number of hydrogen-bond acceptors (Lipinski definition) is 1. The van der Waals surface area contributed by atoms with Gasteiger partial charge in [0.15, 0.2) is 0 Å². The standard InChI is InChI=1S/C46H30O/c1-4-15-31(16-5-1)32-27-29-35(30-28-32)45-44(41-26-14-25-36(46(41)47-45)33-17-6-2-7-18-33)43-39-23-12-10-21-37(39)42(34-19-8-3-9-20-34)38-22-11-13-24-40(38)43/h1-30H/i1D,3D,4D,5D,8D,9D,10D,11D,12D,13D,15D,16D,19D,20D,21D,22D,23D,24D,27D,28D,29D,30D. The zero-order valence-corrected chi connectivity index (χ0v) is 24.0. The molecule has 9 aromatic rings. The van der Waals surface area contributed by atoms with Crippen LogP contribution in [-0.2, 0) is 0 Å². The van der Waals surface area contributed by atoms with Crippen LogP contribution in [0.4, 0.5) is 0 Å². The molecule has 1 aromatic heterocycles. The van der Waals surface area contributed by atoms with E-state index < -0.39 is 194 Å². The maximum atomic E-state index is 9.55. The summed E-state index contributed by atoms with van der Waals surface area (Å²) in [7, 11) is 0. The zero-order valence-electron chi connectivity index (χ0n) is 46.0. The van der Waals surface area contributed by atoms with Crippen molar-refractivity contribution in [1.29, 1.82) is 0 Å². The van der Waals surface area contributed by atoms with Crippen molar-refractivity contribution in [2.75, 3.05) is 0 Å². The lowest BCUT2D eigenvalue weighted by molar-refractivity contribution is 0.633. The first kappa shape index (κ1) is 12.9. The quantitative estimate of drug-likeness (QED) is 0.174. The Morgan fingerprint density at radius 1 is 0.340 bits per heavy atom. The lowest BCUT2D eigenvalue weighted by Gasteiger charge is -2.18. The molecule has 220 valence electrons. The van der Waals surface area contributed by atoms with E-state index in [9.17, 15) is 11.0 Å². The summed E-state index contributed by atoms with van der Waals surface area (Å²) in [4.78, 5) is 0. The van der Waals surface area contributed by atoms with Crippen molar-refractivity contribution >= 4 is 32.5 Å². The molecular formula is C46H30O. The Hall–Kier alpha value is -6.18. The fourth-order valence-electron chi connectivity index (χ4n) is 5.81. The van der Waals surface area contributed by atoms with Crippen molar-refractivity contribution < 1.29 is 34.6 Å². The van der Waals surface area contributed by atoms with Gasteiger partial charge >= 0.3 is 0 Å². The van der Waals surface area contributed by atoms with Crippen molar-refractivity contribution in [3.05, 3.63) is 181 Å². The number of rotatable bonds is 5. The molecule has 1 heterocycles. The van der Waals surface area contributed by atoms with Crippen LogP contribution in [0.2, 0.25) is 0 Å². The van der Waals surface area contributed by atoms with E-state index in [0.29, 0.717) is 11.1 Å². The molecule has 0 aliphatic rings. The Morgan fingerprint density at radius 2 is 0.851 bits per heavy atom. The minimum atomic E-state index is -0.880. The monoisotopic (exact) mass is 620 g/mol. The van der Waals surface area contributed by atoms with Gasteiger partial charge in [0, 0.05) is 27.6 Å². The molecule has 0 fully saturated rings. The maximum Gasteiger partial charge on any atom is 0.143 e. The van der Waals surface area contributed by atoms with Gasteiger partial charge in [-0.05, 0) is 49.4 Å². The summed E-state index contributed by atoms with van der Waals surface area (Å²) in [5, 5.41) is -2.01. The second-order valence-electron chi connectivity index (χ2n) is 10.4. The SMILES string of the molecule is [2H]c1c([2H])c([2H])c(-c2c([2H])c([2H])c(-c3oc4c(-c5ccccc5)cccc4c3-c3c4c([2H])c([2H])c([2H])c([2H])c4c(-c4c([2H])c([2H])c([2H])c([2H])c4[2H])c4c([2H])c([2H])c([2H])c([2H])c34)c([2H])c2[2H])c([2H])c1[2H]. The van der Waals surface area contributed by atoms with Gasteiger partial charge in [-0.25, -0.2) is 0 Å². The van der Waals surface area contributed by atoms with Crippen LogP contribution >= 0.6 is 0 Å². The third-order valence-corrected chi connectivity index (χ3v) is 7.78. The van der Waals surface area contributed by atoms with Crippen molar-refractivity contribution in [2.24, 2.45) is 0 Å². The lowest BCUT2D eigenvalue weighted by atomic mass is 9.84. The molecule has 0 N–H and O–H groups in total. The van der Waals surface area contributed by atoms with E-state index >= 15 is 0 Å². The van der Waals surface area contributed by atoms with Gasteiger partial charge in [-0.1, -0.05) is 181 Å². The minimum absolute atomic E-state index is 0.00192. The molecule has 1 nitrogen and oxygen atoms in total. The highest BCUT2D eigenvalue weighted by atomic mass is 16.3. The van der Waals surface area contributed by atoms with Crippen molar-refractivity contribution in [2.45, 2.75) is 0 Å². The molecule has 47 heavy (non-hydrogen) atoms. The van der Waals surface area contributed by atoms with Gasteiger partial charge in [0.2, 0.25) is 0 Å². The van der Waals surface area contributed by atoms with Crippen molar-refractivity contribution in [1.82, 2.24) is 0 Å².